The number of aromatic amines is 1. The number of nitrogens with zero attached hydrogens (tertiary/aromatic N) is 2. The summed E-state index contributed by atoms with van der Waals surface area (Å²) in [6.07, 6.45) is 0. The number of primary amides is 1. The van der Waals surface area contributed by atoms with Crippen molar-refractivity contribution in [3.8, 4) is 22.8 Å². The number of hydrogen-bond acceptors (Lipinski definition) is 5. The predicted molar refractivity (Wildman–Crippen MR) is 92.4 cm³/mol. The zero-order valence-corrected chi connectivity index (χ0v) is 13.9. The number of aromatic nitrogens is 3. The Morgan fingerprint density at radius 1 is 1.16 bits per heavy atom. The molecule has 25 heavy (non-hydrogen) atoms. The summed E-state index contributed by atoms with van der Waals surface area (Å²) in [6.45, 7) is 2.42. The van der Waals surface area contributed by atoms with Crippen LogP contribution in [0.15, 0.2) is 42.5 Å². The Kier molecular flexibility index (Phi) is 4.65. The van der Waals surface area contributed by atoms with Crippen molar-refractivity contribution < 1.29 is 14.3 Å². The summed E-state index contributed by atoms with van der Waals surface area (Å²) in [5.41, 5.74) is 8.64. The summed E-state index contributed by atoms with van der Waals surface area (Å²) in [6, 6.07) is 13.3. The van der Waals surface area contributed by atoms with E-state index in [0.29, 0.717) is 29.4 Å². The third-order valence-corrected chi connectivity index (χ3v) is 3.70. The molecule has 0 spiro atoms. The van der Waals surface area contributed by atoms with Gasteiger partial charge in [-0.1, -0.05) is 29.8 Å². The standard InChI is InChI=1S/C18H18N4O3/c1-11-4-3-5-12(8-11)10-25-15-9-13(6-7-14(15)24-2)16-17(18(19)23)21-22-20-16/h3-9H,10H2,1-2H3,(H2,19,23)(H,20,21,22). The Hall–Kier alpha value is -3.35. The lowest BCUT2D eigenvalue weighted by Crippen LogP contribution is -2.12. The summed E-state index contributed by atoms with van der Waals surface area (Å²) in [7, 11) is 1.57. The van der Waals surface area contributed by atoms with E-state index in [4.69, 9.17) is 15.2 Å². The smallest absolute Gasteiger partial charge is 0.271 e. The lowest BCUT2D eigenvalue weighted by molar-refractivity contribution is 0.0996. The maximum Gasteiger partial charge on any atom is 0.271 e. The number of hydrogen-bond donors (Lipinski definition) is 2. The highest BCUT2D eigenvalue weighted by Crippen LogP contribution is 2.33. The van der Waals surface area contributed by atoms with Gasteiger partial charge >= 0.3 is 0 Å². The average molecular weight is 338 g/mol. The second-order valence-electron chi connectivity index (χ2n) is 5.53. The Bertz CT molecular complexity index is 905. The molecule has 0 saturated heterocycles. The molecule has 1 aromatic heterocycles. The topological polar surface area (TPSA) is 103 Å². The first kappa shape index (κ1) is 16.5. The molecule has 3 aromatic rings. The highest BCUT2D eigenvalue weighted by molar-refractivity contribution is 5.96. The molecular weight excluding hydrogens is 320 g/mol. The first-order valence-electron chi connectivity index (χ1n) is 7.66. The number of amides is 1. The number of nitrogens with one attached hydrogen (secondary N) is 1. The zero-order valence-electron chi connectivity index (χ0n) is 13.9. The minimum absolute atomic E-state index is 0.0785. The normalized spacial score (nSPS) is 10.5. The van der Waals surface area contributed by atoms with E-state index in [1.165, 1.54) is 0 Å². The molecule has 3 N–H and O–H groups in total. The molecule has 0 saturated carbocycles. The van der Waals surface area contributed by atoms with E-state index in [-0.39, 0.29) is 5.69 Å². The van der Waals surface area contributed by atoms with Crippen molar-refractivity contribution in [3.05, 3.63) is 59.3 Å². The van der Waals surface area contributed by atoms with Crippen molar-refractivity contribution in [1.29, 1.82) is 0 Å². The molecular formula is C18H18N4O3. The minimum atomic E-state index is -0.651. The van der Waals surface area contributed by atoms with Gasteiger partial charge in [0.05, 0.1) is 7.11 Å². The number of ether oxygens (including phenoxy) is 2. The number of rotatable bonds is 6. The van der Waals surface area contributed by atoms with Crippen LogP contribution in [0.3, 0.4) is 0 Å². The quantitative estimate of drug-likeness (QED) is 0.718. The fourth-order valence-corrected chi connectivity index (χ4v) is 2.50. The van der Waals surface area contributed by atoms with Gasteiger partial charge in [0.25, 0.3) is 5.91 Å². The molecule has 3 rings (SSSR count). The maximum atomic E-state index is 11.5. The molecule has 7 heteroatoms. The van der Waals surface area contributed by atoms with Gasteiger partial charge in [-0.2, -0.15) is 15.4 Å². The molecule has 0 bridgehead atoms. The number of H-pyrrole nitrogens is 1. The van der Waals surface area contributed by atoms with Crippen molar-refractivity contribution in [2.75, 3.05) is 7.11 Å². The molecule has 0 radical (unpaired) electrons. The highest BCUT2D eigenvalue weighted by atomic mass is 16.5. The van der Waals surface area contributed by atoms with Crippen LogP contribution in [0.4, 0.5) is 0 Å². The van der Waals surface area contributed by atoms with Crippen LogP contribution in [0.1, 0.15) is 21.6 Å². The van der Waals surface area contributed by atoms with Gasteiger partial charge in [0.1, 0.15) is 12.3 Å². The van der Waals surface area contributed by atoms with Gasteiger partial charge in [0.15, 0.2) is 17.2 Å². The number of nitrogens with two attached hydrogens (primary N) is 1. The molecule has 128 valence electrons. The van der Waals surface area contributed by atoms with Crippen LogP contribution in [0, 0.1) is 6.92 Å². The van der Waals surface area contributed by atoms with Crippen LogP contribution in [-0.2, 0) is 6.61 Å². The fourth-order valence-electron chi connectivity index (χ4n) is 2.50. The summed E-state index contributed by atoms with van der Waals surface area (Å²) in [4.78, 5) is 11.5. The molecule has 0 atom stereocenters. The van der Waals surface area contributed by atoms with Crippen molar-refractivity contribution >= 4 is 5.91 Å². The second kappa shape index (κ2) is 7.04. The van der Waals surface area contributed by atoms with E-state index in [0.717, 1.165) is 11.1 Å². The highest BCUT2D eigenvalue weighted by Gasteiger charge is 2.17. The van der Waals surface area contributed by atoms with Gasteiger partial charge in [0.2, 0.25) is 0 Å². The Labute approximate surface area is 144 Å². The first-order chi connectivity index (χ1) is 12.1. The Balaban J connectivity index is 1.90. The Morgan fingerprint density at radius 2 is 2.00 bits per heavy atom. The van der Waals surface area contributed by atoms with Crippen molar-refractivity contribution in [3.63, 3.8) is 0 Å². The van der Waals surface area contributed by atoms with E-state index in [2.05, 4.69) is 21.5 Å². The number of benzene rings is 2. The van der Waals surface area contributed by atoms with Crippen LogP contribution < -0.4 is 15.2 Å². The average Bonchev–Trinajstić information content (AvgIpc) is 3.10. The lowest BCUT2D eigenvalue weighted by atomic mass is 10.1. The minimum Gasteiger partial charge on any atom is -0.493 e. The number of carbonyl (C=O) groups is 1. The van der Waals surface area contributed by atoms with E-state index in [1.807, 2.05) is 25.1 Å². The van der Waals surface area contributed by atoms with Crippen molar-refractivity contribution in [2.45, 2.75) is 13.5 Å². The van der Waals surface area contributed by atoms with E-state index in [1.54, 1.807) is 25.3 Å². The molecule has 1 heterocycles. The largest absolute Gasteiger partial charge is 0.493 e. The van der Waals surface area contributed by atoms with Gasteiger partial charge in [-0.25, -0.2) is 0 Å². The van der Waals surface area contributed by atoms with E-state index >= 15 is 0 Å². The SMILES string of the molecule is COc1ccc(-c2n[nH]nc2C(N)=O)cc1OCc1cccc(C)c1. The molecule has 0 fully saturated rings. The fraction of sp³-hybridized carbons (Fsp3) is 0.167. The predicted octanol–water partition coefficient (Wildman–Crippen LogP) is 2.47. The molecule has 1 amide bonds. The summed E-state index contributed by atoms with van der Waals surface area (Å²) >= 11 is 0. The maximum absolute atomic E-state index is 11.5. The molecule has 2 aromatic carbocycles. The van der Waals surface area contributed by atoms with Crippen molar-refractivity contribution in [1.82, 2.24) is 15.4 Å². The molecule has 0 aliphatic heterocycles. The first-order valence-corrected chi connectivity index (χ1v) is 7.66. The van der Waals surface area contributed by atoms with E-state index < -0.39 is 5.91 Å². The summed E-state index contributed by atoms with van der Waals surface area (Å²) in [5, 5.41) is 10.2. The molecule has 7 nitrogen and oxygen atoms in total. The van der Waals surface area contributed by atoms with Crippen LogP contribution >= 0.6 is 0 Å². The van der Waals surface area contributed by atoms with Gasteiger partial charge in [-0.3, -0.25) is 4.79 Å². The third kappa shape index (κ3) is 3.60. The van der Waals surface area contributed by atoms with Crippen LogP contribution in [0.5, 0.6) is 11.5 Å². The van der Waals surface area contributed by atoms with Crippen LogP contribution in [0.2, 0.25) is 0 Å². The molecule has 0 unspecified atom stereocenters. The number of carbonyl (C=O) groups excluding carboxylic acids is 1. The zero-order chi connectivity index (χ0) is 17.8. The monoisotopic (exact) mass is 338 g/mol. The summed E-state index contributed by atoms with van der Waals surface area (Å²) in [5.74, 6) is 0.474. The van der Waals surface area contributed by atoms with Crippen LogP contribution in [-0.4, -0.2) is 28.4 Å². The Morgan fingerprint density at radius 3 is 2.72 bits per heavy atom. The second-order valence-corrected chi connectivity index (χ2v) is 5.53. The number of methoxy groups -OCH3 is 1. The molecule has 0 aliphatic carbocycles. The summed E-state index contributed by atoms with van der Waals surface area (Å²) < 4.78 is 11.3. The molecule has 0 aliphatic rings. The van der Waals surface area contributed by atoms with Gasteiger partial charge in [-0.05, 0) is 30.7 Å². The van der Waals surface area contributed by atoms with Crippen molar-refractivity contribution in [2.24, 2.45) is 5.73 Å². The number of aryl methyl sites for hydroxylation is 1. The van der Waals surface area contributed by atoms with E-state index in [9.17, 15) is 4.79 Å². The van der Waals surface area contributed by atoms with Gasteiger partial charge < -0.3 is 15.2 Å². The third-order valence-electron chi connectivity index (χ3n) is 3.70. The van der Waals surface area contributed by atoms with Gasteiger partial charge in [-0.15, -0.1) is 0 Å². The van der Waals surface area contributed by atoms with Crippen LogP contribution in [0.25, 0.3) is 11.3 Å². The van der Waals surface area contributed by atoms with Gasteiger partial charge in [0, 0.05) is 5.56 Å². The lowest BCUT2D eigenvalue weighted by Gasteiger charge is -2.12.